The second-order valence-electron chi connectivity index (χ2n) is 11.5. The molecule has 9 nitrogen and oxygen atoms in total. The van der Waals surface area contributed by atoms with Gasteiger partial charge < -0.3 is 24.4 Å². The molecule has 4 fully saturated rings. The molecule has 1 spiro atoms. The van der Waals surface area contributed by atoms with E-state index in [1.165, 1.54) is 0 Å². The van der Waals surface area contributed by atoms with Crippen molar-refractivity contribution < 1.29 is 29.0 Å². The summed E-state index contributed by atoms with van der Waals surface area (Å²) in [5, 5.41) is 9.07. The maximum Gasteiger partial charge on any atom is 0.310 e. The number of halogens is 1. The lowest BCUT2D eigenvalue weighted by molar-refractivity contribution is -0.154. The number of ether oxygens (including phenoxy) is 2. The van der Waals surface area contributed by atoms with Crippen LogP contribution in [0.15, 0.2) is 25.3 Å². The Hall–Kier alpha value is -1.40. The fraction of sp³-hybridized carbons (Fsp3) is 0.767. The Kier molecular flexibility index (Phi) is 12.2. The van der Waals surface area contributed by atoms with Crippen LogP contribution >= 0.6 is 27.7 Å². The van der Waals surface area contributed by atoms with Gasteiger partial charge in [0.2, 0.25) is 11.8 Å². The van der Waals surface area contributed by atoms with E-state index in [-0.39, 0.29) is 34.5 Å². The number of morpholine rings is 1. The zero-order chi connectivity index (χ0) is 29.4. The molecule has 1 N–H and O–H groups in total. The lowest BCUT2D eigenvalue weighted by Gasteiger charge is -2.38. The van der Waals surface area contributed by atoms with Crippen LogP contribution in [0.3, 0.4) is 0 Å². The number of hydrogen-bond donors (Lipinski definition) is 1. The first-order valence-electron chi connectivity index (χ1n) is 15.1. The van der Waals surface area contributed by atoms with E-state index in [1.54, 1.807) is 28.8 Å². The molecule has 6 atom stereocenters. The topological polar surface area (TPSA) is 99.6 Å². The van der Waals surface area contributed by atoms with Crippen molar-refractivity contribution in [1.29, 1.82) is 0 Å². The number of carbonyl (C=O) groups excluding carboxylic acids is 3. The van der Waals surface area contributed by atoms with Gasteiger partial charge in [0, 0.05) is 56.0 Å². The number of aliphatic hydroxyl groups is 1. The average molecular weight is 657 g/mol. The van der Waals surface area contributed by atoms with Gasteiger partial charge in [-0.3, -0.25) is 19.3 Å². The van der Waals surface area contributed by atoms with Crippen LogP contribution in [0.25, 0.3) is 0 Å². The number of likely N-dealkylation sites (tertiary alicyclic amines) is 1. The second kappa shape index (κ2) is 15.4. The lowest BCUT2D eigenvalue weighted by Crippen LogP contribution is -2.56. The minimum Gasteiger partial charge on any atom is -0.465 e. The molecule has 0 aromatic rings. The number of hydrogen-bond acceptors (Lipinski definition) is 8. The zero-order valence-electron chi connectivity index (χ0n) is 24.1. The van der Waals surface area contributed by atoms with Crippen molar-refractivity contribution in [2.45, 2.75) is 65.8 Å². The summed E-state index contributed by atoms with van der Waals surface area (Å²) >= 11 is 5.47. The number of esters is 1. The fourth-order valence-corrected chi connectivity index (χ4v) is 10.5. The smallest absolute Gasteiger partial charge is 0.310 e. The van der Waals surface area contributed by atoms with E-state index < -0.39 is 22.6 Å². The quantitative estimate of drug-likeness (QED) is 0.111. The minimum absolute atomic E-state index is 0.0169. The molecular formula is C30H46BrN3O6S. The van der Waals surface area contributed by atoms with Gasteiger partial charge in [-0.25, -0.2) is 0 Å². The molecule has 2 bridgehead atoms. The van der Waals surface area contributed by atoms with Crippen LogP contribution in [-0.2, 0) is 23.9 Å². The van der Waals surface area contributed by atoms with Crippen LogP contribution in [0.2, 0.25) is 0 Å². The predicted octanol–water partition coefficient (Wildman–Crippen LogP) is 2.86. The van der Waals surface area contributed by atoms with Gasteiger partial charge in [0.05, 0.1) is 36.4 Å². The number of fused-ring (bicyclic) bond motifs is 1. The van der Waals surface area contributed by atoms with Crippen molar-refractivity contribution in [3.8, 4) is 0 Å². The van der Waals surface area contributed by atoms with Crippen LogP contribution in [0.5, 0.6) is 0 Å². The molecule has 230 valence electrons. The van der Waals surface area contributed by atoms with Gasteiger partial charge >= 0.3 is 5.97 Å². The largest absolute Gasteiger partial charge is 0.465 e. The van der Waals surface area contributed by atoms with Gasteiger partial charge in [-0.1, -0.05) is 40.9 Å². The SMILES string of the molecule is C=CCCCOC(=O)[C@H]1[C@H]2C(=O)N(CCCCCCO)C(C(=O)N(CC=C)CCN3CCOCC3)C23CC(Br)[C@@H]1S3. The number of allylic oxidation sites excluding steroid dienone is 1. The summed E-state index contributed by atoms with van der Waals surface area (Å²) in [6.07, 6.45) is 8.86. The van der Waals surface area contributed by atoms with Crippen molar-refractivity contribution in [3.63, 3.8) is 0 Å². The summed E-state index contributed by atoms with van der Waals surface area (Å²) in [4.78, 5) is 48.1. The van der Waals surface area contributed by atoms with Gasteiger partial charge in [0.1, 0.15) is 6.04 Å². The maximum absolute atomic E-state index is 14.5. The minimum atomic E-state index is -0.679. The van der Waals surface area contributed by atoms with Gasteiger partial charge in [0.15, 0.2) is 0 Å². The normalized spacial score (nSPS) is 30.8. The molecule has 4 heterocycles. The third-order valence-corrected chi connectivity index (χ3v) is 12.1. The summed E-state index contributed by atoms with van der Waals surface area (Å²) in [6, 6.07) is -0.643. The summed E-state index contributed by atoms with van der Waals surface area (Å²) in [5.74, 6) is -1.64. The number of amides is 2. The Balaban J connectivity index is 1.58. The predicted molar refractivity (Wildman–Crippen MR) is 164 cm³/mol. The summed E-state index contributed by atoms with van der Waals surface area (Å²) in [5.41, 5.74) is 0. The molecule has 4 aliphatic rings. The fourth-order valence-electron chi connectivity index (χ4n) is 6.87. The molecule has 0 aromatic heterocycles. The van der Waals surface area contributed by atoms with E-state index in [4.69, 9.17) is 9.47 Å². The molecule has 11 heteroatoms. The molecule has 3 unspecified atom stereocenters. The zero-order valence-corrected chi connectivity index (χ0v) is 26.5. The number of rotatable bonds is 17. The van der Waals surface area contributed by atoms with Crippen molar-refractivity contribution in [2.24, 2.45) is 11.8 Å². The van der Waals surface area contributed by atoms with Gasteiger partial charge in [-0.2, -0.15) is 0 Å². The standard InChI is InChI=1S/C30H46BrN3O6S/c1-3-5-10-18-40-29(38)23-24-27(36)34(12-8-6-7-9-17-35)26(30(24)21-22(31)25(23)41-30)28(37)33(11-4-2)14-13-32-15-19-39-20-16-32/h3-4,22-26,35H,1-2,5-21H2/t22?,23-,24-,25-,26?,30?/m0/s1. The third kappa shape index (κ3) is 7.06. The third-order valence-electron chi connectivity index (χ3n) is 8.85. The number of thioether (sulfide) groups is 1. The van der Waals surface area contributed by atoms with Crippen molar-refractivity contribution in [1.82, 2.24) is 14.7 Å². The molecule has 4 saturated heterocycles. The molecular weight excluding hydrogens is 610 g/mol. The highest BCUT2D eigenvalue weighted by Gasteiger charge is 2.76. The molecule has 4 aliphatic heterocycles. The Morgan fingerprint density at radius 3 is 2.61 bits per heavy atom. The lowest BCUT2D eigenvalue weighted by atomic mass is 9.71. The molecule has 2 amide bonds. The Morgan fingerprint density at radius 2 is 1.90 bits per heavy atom. The van der Waals surface area contributed by atoms with Crippen LogP contribution in [0, 0.1) is 11.8 Å². The van der Waals surface area contributed by atoms with Crippen LogP contribution in [-0.4, -0.2) is 124 Å². The van der Waals surface area contributed by atoms with Crippen molar-refractivity contribution in [3.05, 3.63) is 25.3 Å². The Bertz CT molecular complexity index is 949. The second-order valence-corrected chi connectivity index (χ2v) is 14.2. The van der Waals surface area contributed by atoms with E-state index in [9.17, 15) is 19.5 Å². The summed E-state index contributed by atoms with van der Waals surface area (Å²) in [6.45, 7) is 13.3. The van der Waals surface area contributed by atoms with Gasteiger partial charge in [-0.15, -0.1) is 24.9 Å². The Labute approximate surface area is 257 Å². The van der Waals surface area contributed by atoms with Crippen molar-refractivity contribution >= 4 is 45.5 Å². The van der Waals surface area contributed by atoms with Gasteiger partial charge in [-0.05, 0) is 32.1 Å². The average Bonchev–Trinajstić information content (AvgIpc) is 3.56. The van der Waals surface area contributed by atoms with E-state index in [0.717, 1.165) is 51.7 Å². The summed E-state index contributed by atoms with van der Waals surface area (Å²) in [7, 11) is 0. The highest BCUT2D eigenvalue weighted by Crippen LogP contribution is 2.68. The number of nitrogens with zero attached hydrogens (tertiary/aromatic N) is 3. The number of alkyl halides is 1. The van der Waals surface area contributed by atoms with Crippen LogP contribution < -0.4 is 0 Å². The number of aliphatic hydroxyl groups excluding tert-OH is 1. The first-order valence-corrected chi connectivity index (χ1v) is 16.9. The molecule has 0 radical (unpaired) electrons. The van der Waals surface area contributed by atoms with Gasteiger partial charge in [0.25, 0.3) is 0 Å². The van der Waals surface area contributed by atoms with Crippen LogP contribution in [0.4, 0.5) is 0 Å². The Morgan fingerprint density at radius 1 is 1.15 bits per heavy atom. The molecule has 41 heavy (non-hydrogen) atoms. The maximum atomic E-state index is 14.5. The molecule has 0 aliphatic carbocycles. The first kappa shape index (κ1) is 32.5. The van der Waals surface area contributed by atoms with E-state index in [1.807, 2.05) is 4.90 Å². The molecule has 4 rings (SSSR count). The van der Waals surface area contributed by atoms with E-state index in [2.05, 4.69) is 34.0 Å². The highest BCUT2D eigenvalue weighted by atomic mass is 79.9. The molecule has 0 saturated carbocycles. The van der Waals surface area contributed by atoms with E-state index >= 15 is 0 Å². The van der Waals surface area contributed by atoms with Crippen molar-refractivity contribution in [2.75, 3.05) is 65.7 Å². The summed E-state index contributed by atoms with van der Waals surface area (Å²) < 4.78 is 10.5. The highest BCUT2D eigenvalue weighted by molar-refractivity contribution is 9.09. The number of carbonyl (C=O) groups is 3. The molecule has 0 aromatic carbocycles. The number of unbranched alkanes of at least 4 members (excludes halogenated alkanes) is 4. The van der Waals surface area contributed by atoms with E-state index in [0.29, 0.717) is 52.3 Å². The first-order chi connectivity index (χ1) is 19.9. The monoisotopic (exact) mass is 655 g/mol. The van der Waals surface area contributed by atoms with Crippen LogP contribution in [0.1, 0.15) is 44.9 Å².